The minimum absolute atomic E-state index is 0.00530. The van der Waals surface area contributed by atoms with E-state index in [9.17, 15) is 9.59 Å². The van der Waals surface area contributed by atoms with E-state index in [1.54, 1.807) is 6.07 Å². The van der Waals surface area contributed by atoms with Gasteiger partial charge in [0.1, 0.15) is 6.04 Å². The van der Waals surface area contributed by atoms with Crippen LogP contribution in [0, 0.1) is 18.3 Å². The molecule has 140 valence electrons. The van der Waals surface area contributed by atoms with Gasteiger partial charge in [0.2, 0.25) is 5.91 Å². The van der Waals surface area contributed by atoms with Crippen LogP contribution in [0.1, 0.15) is 43.6 Å². The molecular weight excluding hydrogens is 314 g/mol. The number of nitrogens with zero attached hydrogens (tertiary/aromatic N) is 1. The van der Waals surface area contributed by atoms with Crippen LogP contribution in [0.25, 0.3) is 0 Å². The van der Waals surface area contributed by atoms with Crippen molar-refractivity contribution in [1.82, 2.24) is 15.5 Å². The van der Waals surface area contributed by atoms with Gasteiger partial charge in [-0.05, 0) is 44.5 Å². The first-order valence-electron chi connectivity index (χ1n) is 8.82. The van der Waals surface area contributed by atoms with Crippen LogP contribution >= 0.6 is 0 Å². The molecule has 1 atom stereocenters. The topological polar surface area (TPSA) is 61.4 Å². The highest BCUT2D eigenvalue weighted by Crippen LogP contribution is 2.15. The number of nitrogens with one attached hydrogen (secondary N) is 2. The van der Waals surface area contributed by atoms with E-state index in [4.69, 9.17) is 0 Å². The third-order valence-corrected chi connectivity index (χ3v) is 4.00. The van der Waals surface area contributed by atoms with Crippen LogP contribution in [0.4, 0.5) is 0 Å². The molecule has 0 aliphatic heterocycles. The Morgan fingerprint density at radius 2 is 1.84 bits per heavy atom. The first-order chi connectivity index (χ1) is 11.5. The molecule has 0 spiro atoms. The predicted octanol–water partition coefficient (Wildman–Crippen LogP) is 2.45. The molecule has 0 aliphatic carbocycles. The van der Waals surface area contributed by atoms with Gasteiger partial charge in [-0.1, -0.05) is 45.4 Å². The van der Waals surface area contributed by atoms with Crippen molar-refractivity contribution in [3.63, 3.8) is 0 Å². The molecule has 0 saturated carbocycles. The number of hydrogen-bond donors (Lipinski definition) is 2. The van der Waals surface area contributed by atoms with Crippen molar-refractivity contribution in [3.05, 3.63) is 35.4 Å². The van der Waals surface area contributed by atoms with Gasteiger partial charge in [-0.3, -0.25) is 9.59 Å². The summed E-state index contributed by atoms with van der Waals surface area (Å²) in [7, 11) is 4.03. The maximum atomic E-state index is 12.6. The minimum Gasteiger partial charge on any atom is -0.354 e. The first kappa shape index (κ1) is 21.2. The van der Waals surface area contributed by atoms with E-state index in [-0.39, 0.29) is 23.1 Å². The SMILES string of the molecule is Cc1cccc(C(=O)NC(C(=O)NCC(C)(C)CN(C)C)C(C)C)c1. The van der Waals surface area contributed by atoms with E-state index < -0.39 is 6.04 Å². The van der Waals surface area contributed by atoms with Gasteiger partial charge in [0.05, 0.1) is 0 Å². The Hall–Kier alpha value is -1.88. The molecule has 1 aromatic carbocycles. The van der Waals surface area contributed by atoms with Crippen LogP contribution in [0.3, 0.4) is 0 Å². The van der Waals surface area contributed by atoms with Crippen LogP contribution in [0.15, 0.2) is 24.3 Å². The highest BCUT2D eigenvalue weighted by molar-refractivity contribution is 5.97. The highest BCUT2D eigenvalue weighted by atomic mass is 16.2. The Bertz CT molecular complexity index is 594. The molecule has 2 amide bonds. The zero-order valence-corrected chi connectivity index (χ0v) is 16.6. The van der Waals surface area contributed by atoms with Gasteiger partial charge in [-0.15, -0.1) is 0 Å². The fourth-order valence-corrected chi connectivity index (χ4v) is 2.89. The quantitative estimate of drug-likeness (QED) is 0.759. The molecule has 0 radical (unpaired) electrons. The zero-order chi connectivity index (χ0) is 19.2. The van der Waals surface area contributed by atoms with Crippen molar-refractivity contribution in [3.8, 4) is 0 Å². The Morgan fingerprint density at radius 3 is 2.36 bits per heavy atom. The summed E-state index contributed by atoms with van der Waals surface area (Å²) in [5.41, 5.74) is 1.55. The largest absolute Gasteiger partial charge is 0.354 e. The number of carbonyl (C=O) groups excluding carboxylic acids is 2. The molecule has 1 aromatic rings. The maximum Gasteiger partial charge on any atom is 0.251 e. The van der Waals surface area contributed by atoms with E-state index in [1.807, 2.05) is 53.1 Å². The summed E-state index contributed by atoms with van der Waals surface area (Å²) in [4.78, 5) is 27.2. The lowest BCUT2D eigenvalue weighted by molar-refractivity contribution is -0.124. The van der Waals surface area contributed by atoms with Gasteiger partial charge in [0, 0.05) is 18.7 Å². The van der Waals surface area contributed by atoms with E-state index in [1.165, 1.54) is 0 Å². The van der Waals surface area contributed by atoms with E-state index >= 15 is 0 Å². The number of hydrogen-bond acceptors (Lipinski definition) is 3. The average molecular weight is 348 g/mol. The fraction of sp³-hybridized carbons (Fsp3) is 0.600. The molecule has 0 heterocycles. The van der Waals surface area contributed by atoms with Crippen LogP contribution in [-0.2, 0) is 4.79 Å². The lowest BCUT2D eigenvalue weighted by atomic mass is 9.92. The Kier molecular flexibility index (Phi) is 7.61. The Labute approximate surface area is 152 Å². The molecule has 5 nitrogen and oxygen atoms in total. The fourth-order valence-electron chi connectivity index (χ4n) is 2.89. The van der Waals surface area contributed by atoms with Gasteiger partial charge in [0.25, 0.3) is 5.91 Å². The van der Waals surface area contributed by atoms with Gasteiger partial charge in [-0.25, -0.2) is 0 Å². The second kappa shape index (κ2) is 8.99. The van der Waals surface area contributed by atoms with Crippen LogP contribution < -0.4 is 10.6 Å². The van der Waals surface area contributed by atoms with Crippen molar-refractivity contribution < 1.29 is 9.59 Å². The first-order valence-corrected chi connectivity index (χ1v) is 8.82. The zero-order valence-electron chi connectivity index (χ0n) is 16.6. The van der Waals surface area contributed by atoms with Crippen molar-refractivity contribution in [2.75, 3.05) is 27.2 Å². The third kappa shape index (κ3) is 7.26. The summed E-state index contributed by atoms with van der Waals surface area (Å²) >= 11 is 0. The third-order valence-electron chi connectivity index (χ3n) is 4.00. The average Bonchev–Trinajstić information content (AvgIpc) is 2.48. The number of aryl methyl sites for hydroxylation is 1. The maximum absolute atomic E-state index is 12.6. The van der Waals surface area contributed by atoms with E-state index in [0.29, 0.717) is 12.1 Å². The summed E-state index contributed by atoms with van der Waals surface area (Å²) in [6.07, 6.45) is 0. The molecule has 25 heavy (non-hydrogen) atoms. The molecule has 0 bridgehead atoms. The van der Waals surface area contributed by atoms with Crippen LogP contribution in [0.2, 0.25) is 0 Å². The Morgan fingerprint density at radius 1 is 1.20 bits per heavy atom. The van der Waals surface area contributed by atoms with Crippen molar-refractivity contribution >= 4 is 11.8 Å². The van der Waals surface area contributed by atoms with E-state index in [0.717, 1.165) is 12.1 Å². The smallest absolute Gasteiger partial charge is 0.251 e. The molecule has 0 fully saturated rings. The minimum atomic E-state index is -0.553. The summed E-state index contributed by atoms with van der Waals surface area (Å²) < 4.78 is 0. The summed E-state index contributed by atoms with van der Waals surface area (Å²) in [5.74, 6) is -0.348. The number of carbonyl (C=O) groups is 2. The van der Waals surface area contributed by atoms with Crippen molar-refractivity contribution in [1.29, 1.82) is 0 Å². The summed E-state index contributed by atoms with van der Waals surface area (Å²) in [6, 6.07) is 6.82. The van der Waals surface area contributed by atoms with Crippen LogP contribution in [0.5, 0.6) is 0 Å². The monoisotopic (exact) mass is 347 g/mol. The van der Waals surface area contributed by atoms with Gasteiger partial charge in [-0.2, -0.15) is 0 Å². The molecular formula is C20H33N3O2. The normalized spacial score (nSPS) is 13.0. The summed E-state index contributed by atoms with van der Waals surface area (Å²) in [6.45, 7) is 11.5. The van der Waals surface area contributed by atoms with Gasteiger partial charge >= 0.3 is 0 Å². The standard InChI is InChI=1S/C20H33N3O2/c1-14(2)17(19(25)21-12-20(4,5)13-23(6)7)22-18(24)16-10-8-9-15(3)11-16/h8-11,14,17H,12-13H2,1-7H3,(H,21,25)(H,22,24). The Balaban J connectivity index is 2.72. The molecule has 5 heteroatoms. The second-order valence-electron chi connectivity index (χ2n) is 8.18. The summed E-state index contributed by atoms with van der Waals surface area (Å²) in [5, 5.41) is 5.87. The van der Waals surface area contributed by atoms with Gasteiger partial charge < -0.3 is 15.5 Å². The van der Waals surface area contributed by atoms with Crippen molar-refractivity contribution in [2.45, 2.75) is 40.7 Å². The van der Waals surface area contributed by atoms with Crippen LogP contribution in [-0.4, -0.2) is 49.9 Å². The number of rotatable bonds is 8. The molecule has 1 rings (SSSR count). The molecule has 2 N–H and O–H groups in total. The van der Waals surface area contributed by atoms with Gasteiger partial charge in [0.15, 0.2) is 0 Å². The van der Waals surface area contributed by atoms with Crippen molar-refractivity contribution in [2.24, 2.45) is 11.3 Å². The number of amides is 2. The predicted molar refractivity (Wildman–Crippen MR) is 103 cm³/mol. The molecule has 0 aromatic heterocycles. The highest BCUT2D eigenvalue weighted by Gasteiger charge is 2.27. The second-order valence-corrected chi connectivity index (χ2v) is 8.18. The lowest BCUT2D eigenvalue weighted by Crippen LogP contribution is -2.52. The molecule has 1 unspecified atom stereocenters. The number of benzene rings is 1. The molecule has 0 aliphatic rings. The molecule has 0 saturated heterocycles. The lowest BCUT2D eigenvalue weighted by Gasteiger charge is -2.30. The van der Waals surface area contributed by atoms with E-state index in [2.05, 4.69) is 29.4 Å².